The van der Waals surface area contributed by atoms with Crippen LogP contribution in [0.2, 0.25) is 0 Å². The van der Waals surface area contributed by atoms with Crippen LogP contribution in [0, 0.1) is 0 Å². The summed E-state index contributed by atoms with van der Waals surface area (Å²) in [6.45, 7) is 4.77. The van der Waals surface area contributed by atoms with Crippen molar-refractivity contribution in [1.29, 1.82) is 0 Å². The van der Waals surface area contributed by atoms with Crippen molar-refractivity contribution < 1.29 is 37.4 Å². The third-order valence-electron chi connectivity index (χ3n) is 6.96. The maximum Gasteiger partial charge on any atom is 0.459 e. The Hall–Kier alpha value is -3.36. The second-order valence-electron chi connectivity index (χ2n) is 10.7. The number of ether oxygens (including phenoxy) is 2. The SMILES string of the molecule is CC(C)OC(=O)[C@@H](C)N[P@@](=O)(Oc1ccccc1)OC1[C@H]2O[C@@H](n3cnc4c(NC5CC5)nc(N)nc43)[C@@H](F)[C@@]12O. The highest BCUT2D eigenvalue weighted by Crippen LogP contribution is 2.62. The first-order valence-corrected chi connectivity index (χ1v) is 14.8. The van der Waals surface area contributed by atoms with Gasteiger partial charge in [0.2, 0.25) is 5.95 Å². The van der Waals surface area contributed by atoms with Crippen LogP contribution in [0.4, 0.5) is 16.2 Å². The third kappa shape index (κ3) is 5.24. The predicted molar refractivity (Wildman–Crippen MR) is 144 cm³/mol. The van der Waals surface area contributed by atoms with Gasteiger partial charge in [-0.25, -0.2) is 13.9 Å². The molecule has 3 heterocycles. The number of alkyl halides is 1. The fourth-order valence-electron chi connectivity index (χ4n) is 4.73. The first-order chi connectivity index (χ1) is 19.5. The number of para-hydroxylation sites is 1. The van der Waals surface area contributed by atoms with E-state index in [0.29, 0.717) is 11.3 Å². The van der Waals surface area contributed by atoms with Crippen LogP contribution in [0.25, 0.3) is 11.2 Å². The van der Waals surface area contributed by atoms with Crippen LogP contribution in [0.3, 0.4) is 0 Å². The molecule has 6 rings (SSSR count). The summed E-state index contributed by atoms with van der Waals surface area (Å²) in [6.07, 6.45) is -3.01. The molecule has 1 aliphatic heterocycles. The van der Waals surface area contributed by atoms with E-state index in [-0.39, 0.29) is 23.4 Å². The summed E-state index contributed by atoms with van der Waals surface area (Å²) in [5, 5.41) is 17.0. The van der Waals surface area contributed by atoms with Crippen LogP contribution in [-0.2, 0) is 23.4 Å². The smallest absolute Gasteiger partial charge is 0.459 e. The number of imidazole rings is 1. The zero-order valence-electron chi connectivity index (χ0n) is 22.5. The Balaban J connectivity index is 1.21. The van der Waals surface area contributed by atoms with Gasteiger partial charge in [-0.05, 0) is 45.7 Å². The molecule has 2 aliphatic carbocycles. The van der Waals surface area contributed by atoms with Gasteiger partial charge in [0.05, 0.1) is 12.4 Å². The topological polar surface area (TPSA) is 185 Å². The highest BCUT2D eigenvalue weighted by Gasteiger charge is 2.80. The van der Waals surface area contributed by atoms with E-state index in [9.17, 15) is 14.5 Å². The highest BCUT2D eigenvalue weighted by atomic mass is 31.2. The van der Waals surface area contributed by atoms with Crippen molar-refractivity contribution in [2.75, 3.05) is 11.1 Å². The molecule has 0 bridgehead atoms. The second-order valence-corrected chi connectivity index (χ2v) is 12.3. The Labute approximate surface area is 234 Å². The molecule has 1 saturated heterocycles. The van der Waals surface area contributed by atoms with Crippen molar-refractivity contribution in [3.63, 3.8) is 0 Å². The minimum Gasteiger partial charge on any atom is -0.462 e. The highest BCUT2D eigenvalue weighted by molar-refractivity contribution is 7.52. The number of carbonyl (C=O) groups excluding carboxylic acids is 1. The Morgan fingerprint density at radius 1 is 1.27 bits per heavy atom. The number of hydrogen-bond acceptors (Lipinski definition) is 12. The van der Waals surface area contributed by atoms with Gasteiger partial charge in [-0.15, -0.1) is 0 Å². The molecule has 1 unspecified atom stereocenters. The monoisotopic (exact) mass is 591 g/mol. The van der Waals surface area contributed by atoms with Gasteiger partial charge >= 0.3 is 13.7 Å². The fraction of sp³-hybridized carbons (Fsp3) is 0.520. The number of nitrogens with two attached hydrogens (primary N) is 1. The molecule has 5 N–H and O–H groups in total. The van der Waals surface area contributed by atoms with Gasteiger partial charge in [-0.2, -0.15) is 15.1 Å². The van der Waals surface area contributed by atoms with Gasteiger partial charge in [-0.3, -0.25) is 13.9 Å². The van der Waals surface area contributed by atoms with Gasteiger partial charge in [0.1, 0.15) is 24.0 Å². The number of nitrogen functional groups attached to an aromatic ring is 1. The number of carbonyl (C=O) groups is 1. The standard InChI is InChI=1S/C25H31FN7O7P/c1-12(2)37-23(34)13(3)32-41(36,39-15-7-5-4-6-8-15)40-19-18-25(19,35)17(26)22(38-18)33-11-28-16-20(29-14-9-10-14)30-24(27)31-21(16)33/h4-8,11-14,17-19,22,35H,9-10H2,1-3H3,(H,32,36)(H3,27,29,30,31)/t13-,17-,18-,19?,22-,25+,41-/m1/s1. The van der Waals surface area contributed by atoms with Gasteiger partial charge in [0, 0.05) is 6.04 Å². The Morgan fingerprint density at radius 3 is 2.63 bits per heavy atom. The first-order valence-electron chi connectivity index (χ1n) is 13.3. The number of aliphatic hydroxyl groups is 1. The summed E-state index contributed by atoms with van der Waals surface area (Å²) in [7, 11) is -4.37. The second kappa shape index (κ2) is 10.2. The molecule has 2 saturated carbocycles. The number of anilines is 2. The van der Waals surface area contributed by atoms with E-state index in [1.165, 1.54) is 30.0 Å². The fourth-order valence-corrected chi connectivity index (χ4v) is 6.45. The van der Waals surface area contributed by atoms with Crippen LogP contribution in [0.1, 0.15) is 39.8 Å². The molecule has 2 aromatic heterocycles. The quantitative estimate of drug-likeness (QED) is 0.188. The maximum absolute atomic E-state index is 15.9. The van der Waals surface area contributed by atoms with E-state index >= 15 is 4.39 Å². The number of nitrogens with zero attached hydrogens (tertiary/aromatic N) is 4. The van der Waals surface area contributed by atoms with Crippen molar-refractivity contribution in [1.82, 2.24) is 24.6 Å². The van der Waals surface area contributed by atoms with Crippen LogP contribution in [-0.4, -0.2) is 72.8 Å². The number of aromatic nitrogens is 4. The van der Waals surface area contributed by atoms with Crippen molar-refractivity contribution >= 4 is 36.6 Å². The molecule has 14 nitrogen and oxygen atoms in total. The minimum atomic E-state index is -4.37. The number of halogens is 1. The van der Waals surface area contributed by atoms with E-state index in [4.69, 9.17) is 24.3 Å². The Morgan fingerprint density at radius 2 is 2.00 bits per heavy atom. The summed E-state index contributed by atoms with van der Waals surface area (Å²) in [5.41, 5.74) is 4.35. The Bertz CT molecular complexity index is 1510. The largest absolute Gasteiger partial charge is 0.462 e. The average molecular weight is 592 g/mol. The first kappa shape index (κ1) is 27.8. The molecule has 3 fully saturated rings. The summed E-state index contributed by atoms with van der Waals surface area (Å²) >= 11 is 0. The van der Waals surface area contributed by atoms with Crippen LogP contribution < -0.4 is 20.7 Å². The summed E-state index contributed by atoms with van der Waals surface area (Å²) in [5.74, 6) is -0.129. The zero-order chi connectivity index (χ0) is 29.1. The third-order valence-corrected chi connectivity index (χ3v) is 8.62. The van der Waals surface area contributed by atoms with Gasteiger partial charge in [-0.1, -0.05) is 18.2 Å². The van der Waals surface area contributed by atoms with Crippen LogP contribution in [0.15, 0.2) is 36.7 Å². The van der Waals surface area contributed by atoms with E-state index in [2.05, 4.69) is 25.4 Å². The van der Waals surface area contributed by atoms with Crippen molar-refractivity contribution in [2.24, 2.45) is 0 Å². The molecule has 1 aromatic carbocycles. The van der Waals surface area contributed by atoms with Gasteiger partial charge in [0.25, 0.3) is 0 Å². The summed E-state index contributed by atoms with van der Waals surface area (Å²) < 4.78 is 53.4. The number of fused-ring (bicyclic) bond motifs is 2. The molecule has 220 valence electrons. The summed E-state index contributed by atoms with van der Waals surface area (Å²) in [6, 6.07) is 7.25. The lowest BCUT2D eigenvalue weighted by Gasteiger charge is -2.26. The summed E-state index contributed by atoms with van der Waals surface area (Å²) in [4.78, 5) is 25.1. The average Bonchev–Trinajstić information content (AvgIpc) is 3.74. The molecule has 0 amide bonds. The normalized spacial score (nSPS) is 29.1. The van der Waals surface area contributed by atoms with E-state index in [0.717, 1.165) is 12.8 Å². The molecule has 7 atom stereocenters. The lowest BCUT2D eigenvalue weighted by atomic mass is 10.2. The van der Waals surface area contributed by atoms with Crippen LogP contribution >= 0.6 is 7.75 Å². The van der Waals surface area contributed by atoms with Crippen molar-refractivity contribution in [3.8, 4) is 5.75 Å². The van der Waals surface area contributed by atoms with E-state index in [1.54, 1.807) is 32.0 Å². The number of rotatable bonds is 11. The van der Waals surface area contributed by atoms with Gasteiger partial charge < -0.3 is 30.2 Å². The molecule has 3 aromatic rings. The van der Waals surface area contributed by atoms with E-state index in [1.807, 2.05) is 0 Å². The molecule has 3 aliphatic rings. The number of nitrogens with one attached hydrogen (secondary N) is 2. The lowest BCUT2D eigenvalue weighted by molar-refractivity contribution is -0.149. The zero-order valence-corrected chi connectivity index (χ0v) is 23.4. The maximum atomic E-state index is 15.9. The van der Waals surface area contributed by atoms with Gasteiger partial charge in [0.15, 0.2) is 35.0 Å². The number of hydrogen-bond donors (Lipinski definition) is 4. The molecule has 0 spiro atoms. The van der Waals surface area contributed by atoms with Crippen LogP contribution in [0.5, 0.6) is 5.75 Å². The van der Waals surface area contributed by atoms with E-state index < -0.39 is 56.1 Å². The van der Waals surface area contributed by atoms with Crippen molar-refractivity contribution in [2.45, 2.75) is 82.0 Å². The Kier molecular flexibility index (Phi) is 6.90. The minimum absolute atomic E-state index is 0.0314. The number of benzene rings is 1. The lowest BCUT2D eigenvalue weighted by Crippen LogP contribution is -2.38. The molecular weight excluding hydrogens is 560 g/mol. The molecular formula is C25H31FN7O7P. The number of esters is 1. The van der Waals surface area contributed by atoms with Crippen molar-refractivity contribution in [3.05, 3.63) is 36.7 Å². The molecule has 16 heteroatoms. The molecule has 41 heavy (non-hydrogen) atoms. The molecule has 0 radical (unpaired) electrons. The predicted octanol–water partition coefficient (Wildman–Crippen LogP) is 2.46.